The molecular formula is C21H31NO2. The normalized spacial score (nSPS) is 20.9. The predicted molar refractivity (Wildman–Crippen MR) is 99.1 cm³/mol. The smallest absolute Gasteiger partial charge is 0.337 e. The summed E-state index contributed by atoms with van der Waals surface area (Å²) in [6.45, 7) is 10.5. The first-order valence-electron chi connectivity index (χ1n) is 9.04. The van der Waals surface area contributed by atoms with Crippen molar-refractivity contribution in [2.75, 3.05) is 13.7 Å². The summed E-state index contributed by atoms with van der Waals surface area (Å²) in [6, 6.07) is 5.75. The van der Waals surface area contributed by atoms with Crippen molar-refractivity contribution in [2.45, 2.75) is 52.5 Å². The zero-order valence-electron chi connectivity index (χ0n) is 15.4. The number of methoxy groups -OCH3 is 1. The van der Waals surface area contributed by atoms with Crippen LogP contribution in [0.15, 0.2) is 30.4 Å². The number of rotatable bonds is 7. The molecule has 2 unspecified atom stereocenters. The molecule has 0 spiro atoms. The lowest BCUT2D eigenvalue weighted by atomic mass is 9.78. The van der Waals surface area contributed by atoms with Crippen LogP contribution in [-0.2, 0) is 11.3 Å². The van der Waals surface area contributed by atoms with Crippen molar-refractivity contribution >= 4 is 5.97 Å². The van der Waals surface area contributed by atoms with Gasteiger partial charge in [0.1, 0.15) is 0 Å². The Hall–Kier alpha value is -1.61. The lowest BCUT2D eigenvalue weighted by Crippen LogP contribution is -2.19. The maximum absolute atomic E-state index is 11.5. The van der Waals surface area contributed by atoms with Crippen LogP contribution in [0.5, 0.6) is 0 Å². The van der Waals surface area contributed by atoms with Crippen LogP contribution >= 0.6 is 0 Å². The minimum Gasteiger partial charge on any atom is -0.465 e. The van der Waals surface area contributed by atoms with Gasteiger partial charge in [0.05, 0.1) is 12.7 Å². The van der Waals surface area contributed by atoms with Crippen LogP contribution in [0.25, 0.3) is 0 Å². The monoisotopic (exact) mass is 329 g/mol. The summed E-state index contributed by atoms with van der Waals surface area (Å²) in [6.07, 6.45) is 6.29. The zero-order chi connectivity index (χ0) is 17.5. The number of aryl methyl sites for hydroxylation is 1. The molecule has 1 aliphatic rings. The van der Waals surface area contributed by atoms with Crippen LogP contribution in [0.2, 0.25) is 0 Å². The van der Waals surface area contributed by atoms with E-state index in [-0.39, 0.29) is 5.97 Å². The van der Waals surface area contributed by atoms with Crippen LogP contribution in [0.4, 0.5) is 0 Å². The summed E-state index contributed by atoms with van der Waals surface area (Å²) >= 11 is 0. The number of ether oxygens (including phenoxy) is 1. The van der Waals surface area contributed by atoms with Gasteiger partial charge in [-0.05, 0) is 80.7 Å². The molecule has 0 saturated heterocycles. The second-order valence-electron chi connectivity index (χ2n) is 7.32. The minimum absolute atomic E-state index is 0.277. The molecule has 0 amide bonds. The molecule has 1 N–H and O–H groups in total. The third kappa shape index (κ3) is 5.48. The summed E-state index contributed by atoms with van der Waals surface area (Å²) in [5.74, 6) is 1.35. The number of carbonyl (C=O) groups is 1. The molecule has 1 saturated carbocycles. The van der Waals surface area contributed by atoms with Gasteiger partial charge in [-0.1, -0.05) is 25.1 Å². The second-order valence-corrected chi connectivity index (χ2v) is 7.32. The van der Waals surface area contributed by atoms with Gasteiger partial charge in [-0.3, -0.25) is 0 Å². The van der Waals surface area contributed by atoms with Crippen molar-refractivity contribution in [1.29, 1.82) is 0 Å². The number of nitrogens with one attached hydrogen (secondary N) is 1. The fourth-order valence-corrected chi connectivity index (χ4v) is 3.82. The molecular weight excluding hydrogens is 298 g/mol. The molecule has 0 aliphatic heterocycles. The van der Waals surface area contributed by atoms with Gasteiger partial charge in [0.2, 0.25) is 0 Å². The largest absolute Gasteiger partial charge is 0.465 e. The fraction of sp³-hybridized carbons (Fsp3) is 0.571. The number of hydrogen-bond donors (Lipinski definition) is 1. The number of benzene rings is 1. The van der Waals surface area contributed by atoms with Crippen molar-refractivity contribution < 1.29 is 9.53 Å². The average Bonchev–Trinajstić information content (AvgIpc) is 2.54. The van der Waals surface area contributed by atoms with Gasteiger partial charge >= 0.3 is 5.97 Å². The molecule has 0 bridgehead atoms. The molecule has 0 radical (unpaired) electrons. The van der Waals surface area contributed by atoms with E-state index in [1.807, 2.05) is 25.1 Å². The third-order valence-corrected chi connectivity index (χ3v) is 5.00. The molecule has 1 aromatic carbocycles. The molecule has 0 heterocycles. The van der Waals surface area contributed by atoms with Gasteiger partial charge < -0.3 is 10.1 Å². The average molecular weight is 329 g/mol. The van der Waals surface area contributed by atoms with E-state index in [1.54, 1.807) is 0 Å². The number of carbonyl (C=O) groups excluding carboxylic acids is 1. The molecule has 0 aromatic heterocycles. The van der Waals surface area contributed by atoms with Crippen LogP contribution in [0.1, 0.15) is 60.5 Å². The third-order valence-electron chi connectivity index (χ3n) is 5.00. The second kappa shape index (κ2) is 9.03. The van der Waals surface area contributed by atoms with Crippen molar-refractivity contribution in [3.05, 3.63) is 47.0 Å². The molecule has 3 heteroatoms. The fourth-order valence-electron chi connectivity index (χ4n) is 3.82. The Bertz CT molecular complexity index is 579. The van der Waals surface area contributed by atoms with Crippen LogP contribution in [0, 0.1) is 18.8 Å². The topological polar surface area (TPSA) is 38.3 Å². The highest BCUT2D eigenvalue weighted by atomic mass is 16.5. The van der Waals surface area contributed by atoms with Gasteiger partial charge in [0, 0.05) is 6.54 Å². The molecule has 1 aromatic rings. The first-order valence-corrected chi connectivity index (χ1v) is 9.04. The highest BCUT2D eigenvalue weighted by molar-refractivity contribution is 5.89. The van der Waals surface area contributed by atoms with E-state index in [9.17, 15) is 4.79 Å². The van der Waals surface area contributed by atoms with Crippen LogP contribution in [-0.4, -0.2) is 19.6 Å². The van der Waals surface area contributed by atoms with Crippen molar-refractivity contribution in [2.24, 2.45) is 11.8 Å². The molecule has 2 rings (SSSR count). The van der Waals surface area contributed by atoms with E-state index in [1.165, 1.54) is 50.4 Å². The molecule has 3 nitrogen and oxygen atoms in total. The van der Waals surface area contributed by atoms with E-state index in [0.717, 1.165) is 30.5 Å². The first-order chi connectivity index (χ1) is 11.5. The summed E-state index contributed by atoms with van der Waals surface area (Å²) < 4.78 is 4.76. The predicted octanol–water partition coefficient (Wildman–Crippen LogP) is 4.64. The van der Waals surface area contributed by atoms with Crippen molar-refractivity contribution in [1.82, 2.24) is 5.32 Å². The molecule has 2 atom stereocenters. The summed E-state index contributed by atoms with van der Waals surface area (Å²) in [4.78, 5) is 11.5. The SMILES string of the molecule is C=C1CC(C)CC(CCCNCc2ccc(C(=O)OC)cc2C)C1. The Labute approximate surface area is 146 Å². The van der Waals surface area contributed by atoms with Crippen LogP contribution in [0.3, 0.4) is 0 Å². The van der Waals surface area contributed by atoms with Gasteiger partial charge in [-0.25, -0.2) is 4.79 Å². The Morgan fingerprint density at radius 1 is 1.38 bits per heavy atom. The Morgan fingerprint density at radius 2 is 2.17 bits per heavy atom. The molecule has 1 fully saturated rings. The number of hydrogen-bond acceptors (Lipinski definition) is 3. The highest BCUT2D eigenvalue weighted by Crippen LogP contribution is 2.34. The van der Waals surface area contributed by atoms with E-state index in [0.29, 0.717) is 5.56 Å². The quantitative estimate of drug-likeness (QED) is 0.450. The maximum Gasteiger partial charge on any atom is 0.337 e. The minimum atomic E-state index is -0.277. The van der Waals surface area contributed by atoms with E-state index in [4.69, 9.17) is 4.74 Å². The van der Waals surface area contributed by atoms with Gasteiger partial charge in [0.25, 0.3) is 0 Å². The van der Waals surface area contributed by atoms with Gasteiger partial charge in [0.15, 0.2) is 0 Å². The van der Waals surface area contributed by atoms with Gasteiger partial charge in [-0.15, -0.1) is 0 Å². The highest BCUT2D eigenvalue weighted by Gasteiger charge is 2.20. The molecule has 132 valence electrons. The van der Waals surface area contributed by atoms with Gasteiger partial charge in [-0.2, -0.15) is 0 Å². The number of allylic oxidation sites excluding steroid dienone is 1. The summed E-state index contributed by atoms with van der Waals surface area (Å²) in [5.41, 5.74) is 4.42. The van der Waals surface area contributed by atoms with Crippen LogP contribution < -0.4 is 5.32 Å². The Kier molecular flexibility index (Phi) is 7.04. The van der Waals surface area contributed by atoms with E-state index in [2.05, 4.69) is 18.8 Å². The summed E-state index contributed by atoms with van der Waals surface area (Å²) in [5, 5.41) is 3.53. The number of esters is 1. The van der Waals surface area contributed by atoms with E-state index >= 15 is 0 Å². The maximum atomic E-state index is 11.5. The standard InChI is InChI=1S/C21H31NO2/c1-15-10-16(2)12-18(11-15)6-5-9-22-14-20-8-7-19(13-17(20)3)21(23)24-4/h7-8,13,16,18,22H,1,5-6,9-12,14H2,2-4H3. The molecule has 24 heavy (non-hydrogen) atoms. The Morgan fingerprint density at radius 3 is 2.83 bits per heavy atom. The Balaban J connectivity index is 1.71. The van der Waals surface area contributed by atoms with Crippen molar-refractivity contribution in [3.63, 3.8) is 0 Å². The van der Waals surface area contributed by atoms with Crippen molar-refractivity contribution in [3.8, 4) is 0 Å². The zero-order valence-corrected chi connectivity index (χ0v) is 15.4. The lowest BCUT2D eigenvalue weighted by Gasteiger charge is -2.28. The van der Waals surface area contributed by atoms with E-state index < -0.39 is 0 Å². The summed E-state index contributed by atoms with van der Waals surface area (Å²) in [7, 11) is 1.41. The molecule has 1 aliphatic carbocycles. The lowest BCUT2D eigenvalue weighted by molar-refractivity contribution is 0.0600. The first kappa shape index (κ1) is 18.7.